The Hall–Kier alpha value is -2.38. The van der Waals surface area contributed by atoms with Gasteiger partial charge in [-0.3, -0.25) is 4.79 Å². The Morgan fingerprint density at radius 1 is 1.19 bits per heavy atom. The lowest BCUT2D eigenvalue weighted by molar-refractivity contribution is -0.901. The van der Waals surface area contributed by atoms with Gasteiger partial charge in [0, 0.05) is 5.56 Å². The van der Waals surface area contributed by atoms with Crippen LogP contribution in [0.4, 0.5) is 4.79 Å². The zero-order valence-corrected chi connectivity index (χ0v) is 16.8. The molecular formula is C20H26N3O3S+. The second-order valence-electron chi connectivity index (χ2n) is 7.27. The van der Waals surface area contributed by atoms with Gasteiger partial charge in [0.2, 0.25) is 0 Å². The Kier molecular flexibility index (Phi) is 5.82. The summed E-state index contributed by atoms with van der Waals surface area (Å²) < 4.78 is 5.17. The minimum atomic E-state index is -0.861. The van der Waals surface area contributed by atoms with E-state index in [9.17, 15) is 9.59 Å². The summed E-state index contributed by atoms with van der Waals surface area (Å²) in [7, 11) is 3.62. The average Bonchev–Trinajstić information content (AvgIpc) is 3.23. The number of aryl methyl sites for hydroxylation is 1. The molecule has 1 fully saturated rings. The molecule has 2 heterocycles. The highest BCUT2D eigenvalue weighted by molar-refractivity contribution is 7.07. The van der Waals surface area contributed by atoms with Crippen molar-refractivity contribution in [3.63, 3.8) is 0 Å². The van der Waals surface area contributed by atoms with E-state index in [-0.39, 0.29) is 11.9 Å². The molecule has 1 aliphatic rings. The SMILES string of the molecule is COc1ccc(CC[C@]2(C)NC(=O)N(C[NH+](C)Cc3ccsc3)C2=O)cc1. The molecule has 0 saturated carbocycles. The van der Waals surface area contributed by atoms with E-state index in [1.807, 2.05) is 43.6 Å². The van der Waals surface area contributed by atoms with Gasteiger partial charge < -0.3 is 15.0 Å². The fourth-order valence-electron chi connectivity index (χ4n) is 3.31. The van der Waals surface area contributed by atoms with Crippen LogP contribution in [0.3, 0.4) is 0 Å². The number of hydrogen-bond donors (Lipinski definition) is 2. The Bertz CT molecular complexity index is 791. The van der Waals surface area contributed by atoms with E-state index in [1.165, 1.54) is 10.5 Å². The first-order valence-electron chi connectivity index (χ1n) is 9.01. The van der Waals surface area contributed by atoms with Gasteiger partial charge in [-0.1, -0.05) is 12.1 Å². The number of urea groups is 1. The summed E-state index contributed by atoms with van der Waals surface area (Å²) in [5.41, 5.74) is 1.46. The van der Waals surface area contributed by atoms with Gasteiger partial charge in [0.15, 0.2) is 6.67 Å². The zero-order chi connectivity index (χ0) is 19.4. The minimum absolute atomic E-state index is 0.148. The normalized spacial score (nSPS) is 20.6. The summed E-state index contributed by atoms with van der Waals surface area (Å²) in [5.74, 6) is 0.656. The number of rotatable bonds is 8. The van der Waals surface area contributed by atoms with E-state index < -0.39 is 5.54 Å². The average molecular weight is 389 g/mol. The lowest BCUT2D eigenvalue weighted by Gasteiger charge is -2.23. The molecule has 144 valence electrons. The predicted octanol–water partition coefficient (Wildman–Crippen LogP) is 1.67. The van der Waals surface area contributed by atoms with Gasteiger partial charge in [-0.25, -0.2) is 9.69 Å². The van der Waals surface area contributed by atoms with Crippen molar-refractivity contribution in [2.24, 2.45) is 0 Å². The van der Waals surface area contributed by atoms with Crippen LogP contribution in [-0.4, -0.2) is 43.2 Å². The monoisotopic (exact) mass is 388 g/mol. The van der Waals surface area contributed by atoms with Gasteiger partial charge >= 0.3 is 6.03 Å². The molecule has 0 spiro atoms. The molecule has 1 saturated heterocycles. The molecule has 1 aliphatic heterocycles. The second-order valence-corrected chi connectivity index (χ2v) is 8.05. The van der Waals surface area contributed by atoms with Gasteiger partial charge in [0.1, 0.15) is 17.8 Å². The molecule has 3 amide bonds. The third kappa shape index (κ3) is 4.48. The maximum atomic E-state index is 12.9. The van der Waals surface area contributed by atoms with Crippen LogP contribution in [0.2, 0.25) is 0 Å². The lowest BCUT2D eigenvalue weighted by atomic mass is 9.93. The smallest absolute Gasteiger partial charge is 0.329 e. The summed E-state index contributed by atoms with van der Waals surface area (Å²) in [5, 5.41) is 7.01. The van der Waals surface area contributed by atoms with Crippen molar-refractivity contribution in [1.82, 2.24) is 10.2 Å². The molecular weight excluding hydrogens is 362 g/mol. The van der Waals surface area contributed by atoms with Crippen LogP contribution in [0.1, 0.15) is 24.5 Å². The molecule has 6 nitrogen and oxygen atoms in total. The van der Waals surface area contributed by atoms with Crippen LogP contribution in [-0.2, 0) is 17.8 Å². The highest BCUT2D eigenvalue weighted by atomic mass is 32.1. The number of ether oxygens (including phenoxy) is 1. The van der Waals surface area contributed by atoms with Crippen LogP contribution < -0.4 is 15.0 Å². The molecule has 2 N–H and O–H groups in total. The number of carbonyl (C=O) groups excluding carboxylic acids is 2. The first-order valence-corrected chi connectivity index (χ1v) is 9.95. The third-order valence-electron chi connectivity index (χ3n) is 4.93. The molecule has 0 radical (unpaired) electrons. The number of methoxy groups -OCH3 is 1. The highest BCUT2D eigenvalue weighted by Crippen LogP contribution is 2.23. The number of quaternary nitrogens is 1. The van der Waals surface area contributed by atoms with Crippen LogP contribution in [0, 0.1) is 0 Å². The molecule has 1 unspecified atom stereocenters. The highest BCUT2D eigenvalue weighted by Gasteiger charge is 2.48. The van der Waals surface area contributed by atoms with Crippen LogP contribution in [0.15, 0.2) is 41.1 Å². The van der Waals surface area contributed by atoms with E-state index in [0.717, 1.165) is 22.8 Å². The van der Waals surface area contributed by atoms with Crippen molar-refractivity contribution >= 4 is 23.3 Å². The number of benzene rings is 1. The minimum Gasteiger partial charge on any atom is -0.497 e. The standard InChI is InChI=1S/C20H25N3O3S/c1-20(10-8-15-4-6-17(26-3)7-5-15)18(24)23(19(25)21-20)14-22(2)12-16-9-11-27-13-16/h4-7,9,11,13H,8,10,12,14H2,1-3H3,(H,21,25)/p+1/t20-/m0/s1. The van der Waals surface area contributed by atoms with Crippen LogP contribution in [0.5, 0.6) is 5.75 Å². The molecule has 7 heteroatoms. The molecule has 2 aromatic rings. The number of nitrogens with zero attached hydrogens (tertiary/aromatic N) is 1. The van der Waals surface area contributed by atoms with Crippen molar-refractivity contribution in [2.45, 2.75) is 31.8 Å². The van der Waals surface area contributed by atoms with E-state index in [2.05, 4.69) is 16.8 Å². The molecule has 0 aliphatic carbocycles. The second kappa shape index (κ2) is 8.10. The van der Waals surface area contributed by atoms with Crippen molar-refractivity contribution in [3.8, 4) is 5.75 Å². The quantitative estimate of drug-likeness (QED) is 0.677. The molecule has 3 rings (SSSR count). The van der Waals surface area contributed by atoms with Crippen LogP contribution in [0.25, 0.3) is 0 Å². The van der Waals surface area contributed by atoms with Crippen LogP contribution >= 0.6 is 11.3 Å². The van der Waals surface area contributed by atoms with Crippen molar-refractivity contribution in [2.75, 3.05) is 20.8 Å². The predicted molar refractivity (Wildman–Crippen MR) is 105 cm³/mol. The molecule has 1 aromatic heterocycles. The van der Waals surface area contributed by atoms with E-state index in [4.69, 9.17) is 4.74 Å². The summed E-state index contributed by atoms with van der Waals surface area (Å²) in [6.45, 7) is 2.95. The Balaban J connectivity index is 1.59. The molecule has 27 heavy (non-hydrogen) atoms. The summed E-state index contributed by atoms with van der Waals surface area (Å²) in [6, 6.07) is 9.55. The number of thiophene rings is 1. The zero-order valence-electron chi connectivity index (χ0n) is 16.0. The first kappa shape index (κ1) is 19.4. The van der Waals surface area contributed by atoms with Crippen molar-refractivity contribution in [3.05, 3.63) is 52.2 Å². The maximum Gasteiger partial charge on any atom is 0.329 e. The van der Waals surface area contributed by atoms with Crippen molar-refractivity contribution < 1.29 is 19.2 Å². The Morgan fingerprint density at radius 2 is 1.93 bits per heavy atom. The first-order chi connectivity index (χ1) is 12.9. The van der Waals surface area contributed by atoms with Gasteiger partial charge in [-0.2, -0.15) is 11.3 Å². The molecule has 2 atom stereocenters. The third-order valence-corrected chi connectivity index (χ3v) is 5.66. The summed E-state index contributed by atoms with van der Waals surface area (Å²) >= 11 is 1.65. The van der Waals surface area contributed by atoms with Crippen molar-refractivity contribution in [1.29, 1.82) is 0 Å². The Morgan fingerprint density at radius 3 is 2.56 bits per heavy atom. The largest absolute Gasteiger partial charge is 0.497 e. The number of carbonyl (C=O) groups is 2. The maximum absolute atomic E-state index is 12.9. The number of amides is 3. The fourth-order valence-corrected chi connectivity index (χ4v) is 3.98. The van der Waals surface area contributed by atoms with E-state index in [1.54, 1.807) is 18.4 Å². The van der Waals surface area contributed by atoms with Gasteiger partial charge in [-0.05, 0) is 54.3 Å². The summed E-state index contributed by atoms with van der Waals surface area (Å²) in [4.78, 5) is 27.7. The molecule has 0 bridgehead atoms. The van der Waals surface area contributed by atoms with E-state index >= 15 is 0 Å². The van der Waals surface area contributed by atoms with E-state index in [0.29, 0.717) is 19.5 Å². The molecule has 1 aromatic carbocycles. The Labute approximate surface area is 163 Å². The van der Waals surface area contributed by atoms with Gasteiger partial charge in [0.05, 0.1) is 14.2 Å². The number of hydrogen-bond acceptors (Lipinski definition) is 4. The number of nitrogens with one attached hydrogen (secondary N) is 2. The number of imide groups is 1. The fraction of sp³-hybridized carbons (Fsp3) is 0.400. The topological polar surface area (TPSA) is 63.1 Å². The lowest BCUT2D eigenvalue weighted by Crippen LogP contribution is -3.09. The van der Waals surface area contributed by atoms with Gasteiger partial charge in [-0.15, -0.1) is 0 Å². The van der Waals surface area contributed by atoms with Gasteiger partial charge in [0.25, 0.3) is 5.91 Å². The summed E-state index contributed by atoms with van der Waals surface area (Å²) in [6.07, 6.45) is 1.27.